The quantitative estimate of drug-likeness (QED) is 0.918. The van der Waals surface area contributed by atoms with E-state index in [2.05, 4.69) is 9.71 Å². The number of aromatic nitrogens is 1. The van der Waals surface area contributed by atoms with E-state index in [-0.39, 0.29) is 10.9 Å². The molecule has 1 unspecified atom stereocenters. The molecule has 0 aliphatic heterocycles. The summed E-state index contributed by atoms with van der Waals surface area (Å²) in [5.74, 6) is 0. The molecule has 0 amide bonds. The molecule has 0 saturated heterocycles. The maximum absolute atomic E-state index is 12.4. The van der Waals surface area contributed by atoms with E-state index in [4.69, 9.17) is 5.26 Å². The average Bonchev–Trinajstić information content (AvgIpc) is 2.98. The van der Waals surface area contributed by atoms with Crippen LogP contribution < -0.4 is 4.72 Å². The van der Waals surface area contributed by atoms with Gasteiger partial charge in [-0.1, -0.05) is 6.92 Å². The minimum Gasteiger partial charge on any atom is -0.248 e. The summed E-state index contributed by atoms with van der Waals surface area (Å²) in [6.45, 7) is 3.62. The maximum atomic E-state index is 12.4. The van der Waals surface area contributed by atoms with Gasteiger partial charge in [0, 0.05) is 11.6 Å². The molecule has 0 aliphatic carbocycles. The Morgan fingerprint density at radius 2 is 2.24 bits per heavy atom. The molecule has 0 fully saturated rings. The molecule has 0 bridgehead atoms. The summed E-state index contributed by atoms with van der Waals surface area (Å²) in [7, 11) is -3.64. The van der Waals surface area contributed by atoms with Crippen molar-refractivity contribution in [2.75, 3.05) is 0 Å². The Morgan fingerprint density at radius 1 is 1.48 bits per heavy atom. The normalized spacial score (nSPS) is 12.8. The lowest BCUT2D eigenvalue weighted by Crippen LogP contribution is -2.28. The fraction of sp³-hybridized carbons (Fsp3) is 0.286. The van der Waals surface area contributed by atoms with Crippen molar-refractivity contribution < 1.29 is 8.42 Å². The van der Waals surface area contributed by atoms with Crippen LogP contribution in [0, 0.1) is 18.3 Å². The van der Waals surface area contributed by atoms with Gasteiger partial charge in [-0.05, 0) is 37.1 Å². The molecule has 21 heavy (non-hydrogen) atoms. The SMILES string of the molecule is CCC(NS(=O)(=O)c1ccc(C#N)c(C)c1)c1nccs1. The lowest BCUT2D eigenvalue weighted by Gasteiger charge is -2.15. The van der Waals surface area contributed by atoms with E-state index in [0.29, 0.717) is 17.5 Å². The van der Waals surface area contributed by atoms with Gasteiger partial charge in [-0.15, -0.1) is 11.3 Å². The van der Waals surface area contributed by atoms with E-state index >= 15 is 0 Å². The molecule has 1 heterocycles. The largest absolute Gasteiger partial charge is 0.248 e. The fourth-order valence-electron chi connectivity index (χ4n) is 1.90. The zero-order chi connectivity index (χ0) is 15.5. The summed E-state index contributed by atoms with van der Waals surface area (Å²) in [5.41, 5.74) is 1.11. The number of nitriles is 1. The van der Waals surface area contributed by atoms with Crippen molar-refractivity contribution in [1.29, 1.82) is 5.26 Å². The molecule has 1 N–H and O–H groups in total. The Balaban J connectivity index is 2.30. The number of thiazole rings is 1. The van der Waals surface area contributed by atoms with Crippen LogP contribution in [0.1, 0.15) is 35.5 Å². The van der Waals surface area contributed by atoms with Gasteiger partial charge in [0.25, 0.3) is 0 Å². The highest BCUT2D eigenvalue weighted by Gasteiger charge is 2.22. The highest BCUT2D eigenvalue weighted by Crippen LogP contribution is 2.22. The summed E-state index contributed by atoms with van der Waals surface area (Å²) < 4.78 is 27.5. The average molecular weight is 321 g/mol. The molecule has 0 aliphatic rings. The number of nitrogens with one attached hydrogen (secondary N) is 1. The summed E-state index contributed by atoms with van der Waals surface area (Å²) >= 11 is 1.42. The molecule has 0 saturated carbocycles. The summed E-state index contributed by atoms with van der Waals surface area (Å²) in [5, 5.41) is 11.5. The van der Waals surface area contributed by atoms with Crippen molar-refractivity contribution in [2.45, 2.75) is 31.2 Å². The van der Waals surface area contributed by atoms with Crippen molar-refractivity contribution >= 4 is 21.4 Å². The topological polar surface area (TPSA) is 82.9 Å². The number of hydrogen-bond acceptors (Lipinski definition) is 5. The van der Waals surface area contributed by atoms with Gasteiger partial charge >= 0.3 is 0 Å². The van der Waals surface area contributed by atoms with E-state index < -0.39 is 10.0 Å². The molecular weight excluding hydrogens is 306 g/mol. The van der Waals surface area contributed by atoms with E-state index in [9.17, 15) is 8.42 Å². The second-order valence-corrected chi connectivity index (χ2v) is 7.18. The second-order valence-electron chi connectivity index (χ2n) is 4.54. The third kappa shape index (κ3) is 3.47. The Hall–Kier alpha value is -1.75. The van der Waals surface area contributed by atoms with E-state index in [1.165, 1.54) is 29.5 Å². The standard InChI is InChI=1S/C14H15N3O2S2/c1-3-13(14-16-6-7-20-14)17-21(18,19)12-5-4-11(9-15)10(2)8-12/h4-8,13,17H,3H2,1-2H3. The van der Waals surface area contributed by atoms with Crippen molar-refractivity contribution in [1.82, 2.24) is 9.71 Å². The minimum atomic E-state index is -3.64. The summed E-state index contributed by atoms with van der Waals surface area (Å²) in [6, 6.07) is 6.16. The third-order valence-electron chi connectivity index (χ3n) is 3.08. The molecule has 110 valence electrons. The van der Waals surface area contributed by atoms with Crippen molar-refractivity contribution in [3.63, 3.8) is 0 Å². The van der Waals surface area contributed by atoms with Gasteiger partial charge < -0.3 is 0 Å². The van der Waals surface area contributed by atoms with Gasteiger partial charge in [0.15, 0.2) is 0 Å². The first-order chi connectivity index (χ1) is 9.97. The Kier molecular flexibility index (Phi) is 4.73. The van der Waals surface area contributed by atoms with Gasteiger partial charge in [-0.25, -0.2) is 18.1 Å². The van der Waals surface area contributed by atoms with Gasteiger partial charge in [0.05, 0.1) is 22.6 Å². The van der Waals surface area contributed by atoms with Crippen molar-refractivity contribution in [3.8, 4) is 6.07 Å². The van der Waals surface area contributed by atoms with Crippen LogP contribution in [-0.4, -0.2) is 13.4 Å². The number of nitrogens with zero attached hydrogens (tertiary/aromatic N) is 2. The molecular formula is C14H15N3O2S2. The highest BCUT2D eigenvalue weighted by molar-refractivity contribution is 7.89. The van der Waals surface area contributed by atoms with Crippen molar-refractivity contribution in [3.05, 3.63) is 45.9 Å². The summed E-state index contributed by atoms with van der Waals surface area (Å²) in [6.07, 6.45) is 2.27. The highest BCUT2D eigenvalue weighted by atomic mass is 32.2. The fourth-order valence-corrected chi connectivity index (χ4v) is 4.11. The number of benzene rings is 1. The molecule has 1 atom stereocenters. The van der Waals surface area contributed by atoms with Gasteiger partial charge in [0.1, 0.15) is 5.01 Å². The molecule has 2 aromatic rings. The Morgan fingerprint density at radius 3 is 2.76 bits per heavy atom. The first-order valence-electron chi connectivity index (χ1n) is 6.40. The molecule has 1 aromatic heterocycles. The lowest BCUT2D eigenvalue weighted by molar-refractivity contribution is 0.549. The maximum Gasteiger partial charge on any atom is 0.241 e. The van der Waals surface area contributed by atoms with Crippen LogP contribution in [0.25, 0.3) is 0 Å². The predicted octanol–water partition coefficient (Wildman–Crippen LogP) is 2.75. The van der Waals surface area contributed by atoms with Crippen LogP contribution in [0.4, 0.5) is 0 Å². The first-order valence-corrected chi connectivity index (χ1v) is 8.76. The summed E-state index contributed by atoms with van der Waals surface area (Å²) in [4.78, 5) is 4.32. The van der Waals surface area contributed by atoms with Gasteiger partial charge in [-0.3, -0.25) is 0 Å². The van der Waals surface area contributed by atoms with Crippen LogP contribution in [0.15, 0.2) is 34.7 Å². The van der Waals surface area contributed by atoms with Gasteiger partial charge in [-0.2, -0.15) is 5.26 Å². The number of hydrogen-bond donors (Lipinski definition) is 1. The van der Waals surface area contributed by atoms with E-state index in [1.54, 1.807) is 13.1 Å². The third-order valence-corrected chi connectivity index (χ3v) is 5.44. The molecule has 1 aromatic carbocycles. The van der Waals surface area contributed by atoms with E-state index in [1.807, 2.05) is 18.4 Å². The molecule has 7 heteroatoms. The molecule has 2 rings (SSSR count). The molecule has 5 nitrogen and oxygen atoms in total. The van der Waals surface area contributed by atoms with Crippen molar-refractivity contribution in [2.24, 2.45) is 0 Å². The Bertz CT molecular complexity index is 762. The van der Waals surface area contributed by atoms with Crippen LogP contribution in [0.3, 0.4) is 0 Å². The molecule has 0 spiro atoms. The van der Waals surface area contributed by atoms with Crippen LogP contribution in [0.5, 0.6) is 0 Å². The smallest absolute Gasteiger partial charge is 0.241 e. The lowest BCUT2D eigenvalue weighted by atomic mass is 10.1. The van der Waals surface area contributed by atoms with Crippen LogP contribution >= 0.6 is 11.3 Å². The molecule has 0 radical (unpaired) electrons. The zero-order valence-electron chi connectivity index (χ0n) is 11.7. The first kappa shape index (κ1) is 15.6. The zero-order valence-corrected chi connectivity index (χ0v) is 13.3. The number of aryl methyl sites for hydroxylation is 1. The minimum absolute atomic E-state index is 0.161. The number of rotatable bonds is 5. The Labute approximate surface area is 128 Å². The van der Waals surface area contributed by atoms with Crippen LogP contribution in [-0.2, 0) is 10.0 Å². The second kappa shape index (κ2) is 6.35. The monoisotopic (exact) mass is 321 g/mol. The van der Waals surface area contributed by atoms with Crippen LogP contribution in [0.2, 0.25) is 0 Å². The van der Waals surface area contributed by atoms with E-state index in [0.717, 1.165) is 5.01 Å². The predicted molar refractivity (Wildman–Crippen MR) is 81.4 cm³/mol. The number of sulfonamides is 1. The van der Waals surface area contributed by atoms with Gasteiger partial charge in [0.2, 0.25) is 10.0 Å².